The molecule has 0 saturated heterocycles. The van der Waals surface area contributed by atoms with Gasteiger partial charge in [-0.25, -0.2) is 15.2 Å². The minimum absolute atomic E-state index is 0.0421. The zero-order valence-electron chi connectivity index (χ0n) is 19.1. The average molecular weight is 497 g/mol. The predicted octanol–water partition coefficient (Wildman–Crippen LogP) is 3.64. The number of benzene rings is 1. The summed E-state index contributed by atoms with van der Waals surface area (Å²) in [5, 5.41) is 13.6. The van der Waals surface area contributed by atoms with E-state index < -0.39 is 18.5 Å². The molecule has 0 aliphatic carbocycles. The number of hydrogen-bond donors (Lipinski definition) is 1. The van der Waals surface area contributed by atoms with Crippen LogP contribution in [0, 0.1) is 18.3 Å². The summed E-state index contributed by atoms with van der Waals surface area (Å²) >= 11 is 6.23. The second-order valence-electron chi connectivity index (χ2n) is 7.12. The number of pyridine rings is 1. The van der Waals surface area contributed by atoms with E-state index in [2.05, 4.69) is 15.5 Å². The normalized spacial score (nSPS) is 10.7. The lowest BCUT2D eigenvalue weighted by Crippen LogP contribution is -2.25. The molecule has 0 atom stereocenters. The van der Waals surface area contributed by atoms with Crippen LogP contribution >= 0.6 is 11.6 Å². The van der Waals surface area contributed by atoms with Gasteiger partial charge in [-0.2, -0.15) is 10.4 Å². The van der Waals surface area contributed by atoms with Crippen molar-refractivity contribution in [2.24, 2.45) is 5.10 Å². The molecule has 0 unspecified atom stereocenters. The van der Waals surface area contributed by atoms with E-state index in [9.17, 15) is 14.9 Å². The number of nitrogens with zero attached hydrogens (tertiary/aromatic N) is 3. The molecule has 1 aromatic carbocycles. The molecular formula is C24H21ClN4O6. The third-order valence-corrected chi connectivity index (χ3v) is 4.94. The molecule has 1 N–H and O–H groups in total. The van der Waals surface area contributed by atoms with Gasteiger partial charge < -0.3 is 18.6 Å². The van der Waals surface area contributed by atoms with Gasteiger partial charge in [-0.1, -0.05) is 11.6 Å². The number of esters is 1. The zero-order valence-corrected chi connectivity index (χ0v) is 19.9. The maximum absolute atomic E-state index is 12.1. The van der Waals surface area contributed by atoms with E-state index in [-0.39, 0.29) is 18.1 Å². The molecule has 2 heterocycles. The van der Waals surface area contributed by atoms with Crippen molar-refractivity contribution in [1.82, 2.24) is 10.4 Å². The lowest BCUT2D eigenvalue weighted by atomic mass is 10.1. The first-order chi connectivity index (χ1) is 16.9. The highest BCUT2D eigenvalue weighted by atomic mass is 35.5. The van der Waals surface area contributed by atoms with Crippen LogP contribution in [0.4, 0.5) is 0 Å². The fourth-order valence-electron chi connectivity index (χ4n) is 3.06. The Morgan fingerprint density at radius 3 is 2.77 bits per heavy atom. The molecule has 0 spiro atoms. The molecule has 0 saturated carbocycles. The van der Waals surface area contributed by atoms with Gasteiger partial charge >= 0.3 is 5.97 Å². The number of furan rings is 1. The van der Waals surface area contributed by atoms with E-state index in [1.807, 2.05) is 6.07 Å². The number of rotatable bonds is 9. The smallest absolute Gasteiger partial charge is 0.337 e. The minimum Gasteiger partial charge on any atom is -0.467 e. The maximum Gasteiger partial charge on any atom is 0.337 e. The van der Waals surface area contributed by atoms with Crippen LogP contribution in [0.15, 0.2) is 45.9 Å². The number of aromatic nitrogens is 1. The molecule has 10 nitrogen and oxygen atoms in total. The van der Waals surface area contributed by atoms with Crippen molar-refractivity contribution in [2.45, 2.75) is 13.5 Å². The van der Waals surface area contributed by atoms with Gasteiger partial charge in [0.25, 0.3) is 5.91 Å². The number of methoxy groups -OCH3 is 2. The summed E-state index contributed by atoms with van der Waals surface area (Å²) in [6, 6.07) is 11.7. The first kappa shape index (κ1) is 25.4. The summed E-state index contributed by atoms with van der Waals surface area (Å²) in [6.07, 6.45) is 1.29. The highest BCUT2D eigenvalue weighted by Crippen LogP contribution is 2.30. The van der Waals surface area contributed by atoms with E-state index in [0.717, 1.165) is 0 Å². The number of nitrogens with one attached hydrogen (secondary N) is 1. The van der Waals surface area contributed by atoms with Crippen LogP contribution in [0.25, 0.3) is 11.3 Å². The SMILES string of the molecule is COCc1cc(C)nc(OCC(=O)NN=Cc2ccc(-c3cc(C(=O)OC)ccc3Cl)o2)c1C#N. The quantitative estimate of drug-likeness (QED) is 0.269. The van der Waals surface area contributed by atoms with Crippen LogP contribution in [0.1, 0.15) is 32.9 Å². The van der Waals surface area contributed by atoms with E-state index in [1.165, 1.54) is 20.4 Å². The summed E-state index contributed by atoms with van der Waals surface area (Å²) in [7, 11) is 2.80. The van der Waals surface area contributed by atoms with Crippen molar-refractivity contribution < 1.29 is 28.2 Å². The summed E-state index contributed by atoms with van der Waals surface area (Å²) in [5.41, 5.74) is 4.56. The Hall–Kier alpha value is -4.20. The third kappa shape index (κ3) is 6.44. The van der Waals surface area contributed by atoms with Crippen LogP contribution in [-0.2, 0) is 20.9 Å². The minimum atomic E-state index is -0.567. The molecule has 0 aliphatic rings. The van der Waals surface area contributed by atoms with Gasteiger partial charge in [0.1, 0.15) is 23.2 Å². The lowest BCUT2D eigenvalue weighted by molar-refractivity contribution is -0.123. The van der Waals surface area contributed by atoms with Crippen molar-refractivity contribution >= 4 is 29.7 Å². The van der Waals surface area contributed by atoms with Gasteiger partial charge in [-0.05, 0) is 43.3 Å². The Morgan fingerprint density at radius 1 is 1.26 bits per heavy atom. The molecule has 180 valence electrons. The highest BCUT2D eigenvalue weighted by Gasteiger charge is 2.15. The second kappa shape index (κ2) is 11.8. The number of hydrazone groups is 1. The number of nitriles is 1. The summed E-state index contributed by atoms with van der Waals surface area (Å²) in [6.45, 7) is 1.55. The standard InChI is InChI=1S/C24H21ClN4O6/c1-14-8-16(12-32-2)19(10-26)23(28-14)34-13-22(30)29-27-11-17-5-7-21(35-17)18-9-15(24(31)33-3)4-6-20(18)25/h4-9,11H,12-13H2,1-3H3,(H,29,30). The van der Waals surface area contributed by atoms with Gasteiger partial charge in [0.2, 0.25) is 5.88 Å². The van der Waals surface area contributed by atoms with Crippen molar-refractivity contribution in [3.8, 4) is 23.3 Å². The Kier molecular flexibility index (Phi) is 8.56. The molecule has 1 amide bonds. The highest BCUT2D eigenvalue weighted by molar-refractivity contribution is 6.33. The molecule has 3 aromatic rings. The first-order valence-electron chi connectivity index (χ1n) is 10.2. The molecule has 0 bridgehead atoms. The van der Waals surface area contributed by atoms with Crippen LogP contribution in [0.2, 0.25) is 5.02 Å². The molecule has 35 heavy (non-hydrogen) atoms. The fraction of sp³-hybridized carbons (Fsp3) is 0.208. The predicted molar refractivity (Wildman–Crippen MR) is 126 cm³/mol. The largest absolute Gasteiger partial charge is 0.467 e. The summed E-state index contributed by atoms with van der Waals surface area (Å²) in [4.78, 5) is 28.1. The first-order valence-corrected chi connectivity index (χ1v) is 10.6. The monoisotopic (exact) mass is 496 g/mol. The fourth-order valence-corrected chi connectivity index (χ4v) is 3.27. The van der Waals surface area contributed by atoms with Gasteiger partial charge in [0, 0.05) is 23.9 Å². The van der Waals surface area contributed by atoms with Crippen LogP contribution in [0.5, 0.6) is 5.88 Å². The summed E-state index contributed by atoms with van der Waals surface area (Å²) < 4.78 is 20.9. The zero-order chi connectivity index (χ0) is 25.4. The Bertz CT molecular complexity index is 1310. The Labute approximate surface area is 206 Å². The van der Waals surface area contributed by atoms with Crippen LogP contribution in [-0.4, -0.2) is 43.9 Å². The molecule has 0 aliphatic heterocycles. The number of amides is 1. The van der Waals surface area contributed by atoms with E-state index in [0.29, 0.717) is 38.9 Å². The second-order valence-corrected chi connectivity index (χ2v) is 7.53. The average Bonchev–Trinajstić information content (AvgIpc) is 3.31. The maximum atomic E-state index is 12.1. The van der Waals surface area contributed by atoms with Gasteiger partial charge in [0.15, 0.2) is 6.61 Å². The summed E-state index contributed by atoms with van der Waals surface area (Å²) in [5.74, 6) is -0.294. The van der Waals surface area contributed by atoms with E-state index in [4.69, 9.17) is 30.2 Å². The van der Waals surface area contributed by atoms with E-state index in [1.54, 1.807) is 43.3 Å². The lowest BCUT2D eigenvalue weighted by Gasteiger charge is -2.10. The number of halogens is 1. The molecule has 3 rings (SSSR count). The molecule has 2 aromatic heterocycles. The molecule has 11 heteroatoms. The van der Waals surface area contributed by atoms with Crippen molar-refractivity contribution in [3.63, 3.8) is 0 Å². The molecule has 0 fully saturated rings. The topological polar surface area (TPSA) is 136 Å². The van der Waals surface area contributed by atoms with Crippen molar-refractivity contribution in [3.05, 3.63) is 69.6 Å². The molecular weight excluding hydrogens is 476 g/mol. The van der Waals surface area contributed by atoms with Crippen molar-refractivity contribution in [2.75, 3.05) is 20.8 Å². The Balaban J connectivity index is 1.62. The van der Waals surface area contributed by atoms with Gasteiger partial charge in [-0.3, -0.25) is 4.79 Å². The van der Waals surface area contributed by atoms with Gasteiger partial charge in [0.05, 0.1) is 30.5 Å². The number of aryl methyl sites for hydroxylation is 1. The number of hydrogen-bond acceptors (Lipinski definition) is 9. The van der Waals surface area contributed by atoms with Crippen LogP contribution in [0.3, 0.4) is 0 Å². The van der Waals surface area contributed by atoms with Crippen LogP contribution < -0.4 is 10.2 Å². The Morgan fingerprint density at radius 2 is 2.06 bits per heavy atom. The number of carbonyl (C=O) groups is 2. The van der Waals surface area contributed by atoms with E-state index >= 15 is 0 Å². The van der Waals surface area contributed by atoms with Crippen molar-refractivity contribution in [1.29, 1.82) is 5.26 Å². The van der Waals surface area contributed by atoms with Gasteiger partial charge in [-0.15, -0.1) is 0 Å². The number of ether oxygens (including phenoxy) is 3. The number of carbonyl (C=O) groups excluding carboxylic acids is 2. The molecule has 0 radical (unpaired) electrons. The third-order valence-electron chi connectivity index (χ3n) is 4.61.